The fourth-order valence-corrected chi connectivity index (χ4v) is 2.60. The predicted molar refractivity (Wildman–Crippen MR) is 112 cm³/mol. The van der Waals surface area contributed by atoms with Crippen LogP contribution >= 0.6 is 35.6 Å². The first-order valence-corrected chi connectivity index (χ1v) is 8.12. The molecule has 2 aromatic heterocycles. The number of fused-ring (bicyclic) bond motifs is 1. The van der Waals surface area contributed by atoms with Gasteiger partial charge < -0.3 is 10.6 Å². The minimum absolute atomic E-state index is 0. The van der Waals surface area contributed by atoms with E-state index >= 15 is 0 Å². The fourth-order valence-electron chi connectivity index (χ4n) is 2.40. The average Bonchev–Trinajstić information content (AvgIpc) is 3.02. The van der Waals surface area contributed by atoms with Crippen molar-refractivity contribution < 1.29 is 0 Å². The van der Waals surface area contributed by atoms with E-state index in [0.29, 0.717) is 13.1 Å². The number of aromatic nitrogens is 3. The van der Waals surface area contributed by atoms with Crippen LogP contribution in [0.4, 0.5) is 0 Å². The third-order valence-corrected chi connectivity index (χ3v) is 4.02. The van der Waals surface area contributed by atoms with E-state index in [0.717, 1.165) is 34.4 Å². The minimum Gasteiger partial charge on any atom is -0.356 e. The molecule has 0 radical (unpaired) electrons. The number of nitrogens with one attached hydrogen (secondary N) is 2. The average molecular weight is 471 g/mol. The van der Waals surface area contributed by atoms with Gasteiger partial charge in [0.25, 0.3) is 0 Å². The molecular weight excluding hydrogens is 451 g/mol. The van der Waals surface area contributed by atoms with Crippen LogP contribution in [0.25, 0.3) is 5.65 Å². The fraction of sp³-hybridized carbons (Fsp3) is 0.235. The molecule has 8 heteroatoms. The molecule has 0 aliphatic rings. The van der Waals surface area contributed by atoms with Gasteiger partial charge in [-0.3, -0.25) is 9.39 Å². The lowest BCUT2D eigenvalue weighted by molar-refractivity contribution is 0.761. The van der Waals surface area contributed by atoms with Gasteiger partial charge in [0, 0.05) is 37.8 Å². The van der Waals surface area contributed by atoms with Crippen molar-refractivity contribution >= 4 is 47.2 Å². The molecule has 0 bridgehead atoms. The summed E-state index contributed by atoms with van der Waals surface area (Å²) < 4.78 is 1.99. The zero-order valence-electron chi connectivity index (χ0n) is 13.8. The topological polar surface area (TPSA) is 66.6 Å². The normalized spacial score (nSPS) is 11.2. The molecule has 0 unspecified atom stereocenters. The molecule has 3 rings (SSSR count). The Morgan fingerprint density at radius 1 is 1.12 bits per heavy atom. The maximum absolute atomic E-state index is 6.16. The number of aliphatic imine (C=N–C) groups is 1. The maximum Gasteiger partial charge on any atom is 0.191 e. The summed E-state index contributed by atoms with van der Waals surface area (Å²) in [4.78, 5) is 4.22. The van der Waals surface area contributed by atoms with Gasteiger partial charge in [-0.15, -0.1) is 34.2 Å². The summed E-state index contributed by atoms with van der Waals surface area (Å²) in [7, 11) is 1.74. The van der Waals surface area contributed by atoms with Gasteiger partial charge in [-0.1, -0.05) is 35.9 Å². The van der Waals surface area contributed by atoms with Crippen LogP contribution in [0.3, 0.4) is 0 Å². The zero-order chi connectivity index (χ0) is 16.8. The molecule has 132 valence electrons. The molecule has 0 atom stereocenters. The summed E-state index contributed by atoms with van der Waals surface area (Å²) in [5, 5.41) is 15.6. The second-order valence-corrected chi connectivity index (χ2v) is 5.65. The van der Waals surface area contributed by atoms with Gasteiger partial charge in [-0.2, -0.15) is 0 Å². The van der Waals surface area contributed by atoms with Crippen molar-refractivity contribution in [2.75, 3.05) is 13.6 Å². The first-order chi connectivity index (χ1) is 11.8. The molecule has 2 heterocycles. The van der Waals surface area contributed by atoms with Crippen molar-refractivity contribution in [1.82, 2.24) is 25.2 Å². The van der Waals surface area contributed by atoms with E-state index in [1.165, 1.54) is 0 Å². The molecule has 0 fully saturated rings. The second kappa shape index (κ2) is 9.57. The van der Waals surface area contributed by atoms with Crippen LogP contribution in [0.2, 0.25) is 5.02 Å². The highest BCUT2D eigenvalue weighted by Crippen LogP contribution is 2.14. The van der Waals surface area contributed by atoms with Crippen LogP contribution in [0, 0.1) is 0 Å². The first kappa shape index (κ1) is 19.5. The van der Waals surface area contributed by atoms with Gasteiger partial charge in [-0.05, 0) is 23.8 Å². The first-order valence-electron chi connectivity index (χ1n) is 7.74. The lowest BCUT2D eigenvalue weighted by Crippen LogP contribution is -2.38. The predicted octanol–water partition coefficient (Wildman–Crippen LogP) is 2.91. The molecule has 0 aliphatic carbocycles. The summed E-state index contributed by atoms with van der Waals surface area (Å²) in [5.74, 6) is 1.64. The highest BCUT2D eigenvalue weighted by Gasteiger charge is 2.05. The molecule has 2 N–H and O–H groups in total. The number of benzene rings is 1. The van der Waals surface area contributed by atoms with Gasteiger partial charge in [-0.25, -0.2) is 0 Å². The van der Waals surface area contributed by atoms with Crippen LogP contribution in [-0.4, -0.2) is 34.2 Å². The monoisotopic (exact) mass is 470 g/mol. The van der Waals surface area contributed by atoms with Crippen LogP contribution in [0.15, 0.2) is 53.7 Å². The largest absolute Gasteiger partial charge is 0.356 e. The maximum atomic E-state index is 6.16. The third-order valence-electron chi connectivity index (χ3n) is 3.65. The Balaban J connectivity index is 0.00000225. The van der Waals surface area contributed by atoms with E-state index in [1.807, 2.05) is 53.1 Å². The summed E-state index contributed by atoms with van der Waals surface area (Å²) in [6.07, 6.45) is 2.72. The molecular formula is C17H20ClIN6. The number of rotatable bonds is 5. The number of pyridine rings is 1. The highest BCUT2D eigenvalue weighted by atomic mass is 127. The van der Waals surface area contributed by atoms with E-state index in [-0.39, 0.29) is 24.0 Å². The van der Waals surface area contributed by atoms with Crippen LogP contribution < -0.4 is 10.6 Å². The molecule has 0 aliphatic heterocycles. The lowest BCUT2D eigenvalue weighted by Gasteiger charge is -2.12. The number of hydrogen-bond acceptors (Lipinski definition) is 3. The van der Waals surface area contributed by atoms with Crippen molar-refractivity contribution in [2.45, 2.75) is 13.0 Å². The van der Waals surface area contributed by atoms with Gasteiger partial charge >= 0.3 is 0 Å². The summed E-state index contributed by atoms with van der Waals surface area (Å²) in [6.45, 7) is 1.32. The Hall–Kier alpha value is -1.87. The Bertz CT molecular complexity index is 848. The van der Waals surface area contributed by atoms with Crippen LogP contribution in [0.5, 0.6) is 0 Å². The van der Waals surface area contributed by atoms with Crippen molar-refractivity contribution in [3.05, 3.63) is 65.1 Å². The van der Waals surface area contributed by atoms with Gasteiger partial charge in [0.15, 0.2) is 11.6 Å². The molecule has 1 aromatic carbocycles. The molecule has 0 saturated carbocycles. The van der Waals surface area contributed by atoms with Crippen molar-refractivity contribution in [2.24, 2.45) is 4.99 Å². The quantitative estimate of drug-likeness (QED) is 0.342. The SMILES string of the molecule is CN=C(NCCc1nnc2ccccn12)NCc1ccccc1Cl.I. The van der Waals surface area contributed by atoms with E-state index in [1.54, 1.807) is 7.05 Å². The van der Waals surface area contributed by atoms with E-state index < -0.39 is 0 Å². The van der Waals surface area contributed by atoms with Gasteiger partial charge in [0.2, 0.25) is 0 Å². The van der Waals surface area contributed by atoms with Crippen LogP contribution in [0.1, 0.15) is 11.4 Å². The smallest absolute Gasteiger partial charge is 0.191 e. The summed E-state index contributed by atoms with van der Waals surface area (Å²) >= 11 is 6.16. The standard InChI is InChI=1S/C17H19ClN6.HI/c1-19-17(21-12-13-6-2-3-7-14(13)18)20-10-9-16-23-22-15-8-4-5-11-24(15)16;/h2-8,11H,9-10,12H2,1H3,(H2,19,20,21);1H. The Morgan fingerprint density at radius 2 is 1.92 bits per heavy atom. The minimum atomic E-state index is 0. The number of hydrogen-bond donors (Lipinski definition) is 2. The molecule has 6 nitrogen and oxygen atoms in total. The van der Waals surface area contributed by atoms with Gasteiger partial charge in [0.05, 0.1) is 0 Å². The van der Waals surface area contributed by atoms with Crippen molar-refractivity contribution in [3.63, 3.8) is 0 Å². The highest BCUT2D eigenvalue weighted by molar-refractivity contribution is 14.0. The molecule has 0 saturated heterocycles. The number of guanidine groups is 1. The zero-order valence-corrected chi connectivity index (χ0v) is 16.9. The van der Waals surface area contributed by atoms with Crippen molar-refractivity contribution in [1.29, 1.82) is 0 Å². The Labute approximate surface area is 168 Å². The van der Waals surface area contributed by atoms with Crippen LogP contribution in [-0.2, 0) is 13.0 Å². The second-order valence-electron chi connectivity index (χ2n) is 5.24. The Kier molecular flexibility index (Phi) is 7.45. The Morgan fingerprint density at radius 3 is 2.72 bits per heavy atom. The molecule has 3 aromatic rings. The number of halogens is 2. The third kappa shape index (κ3) is 5.05. The van der Waals surface area contributed by atoms with Gasteiger partial charge in [0.1, 0.15) is 5.82 Å². The van der Waals surface area contributed by atoms with Crippen molar-refractivity contribution in [3.8, 4) is 0 Å². The molecule has 0 spiro atoms. The van der Waals surface area contributed by atoms with E-state index in [9.17, 15) is 0 Å². The molecule has 0 amide bonds. The lowest BCUT2D eigenvalue weighted by atomic mass is 10.2. The number of nitrogens with zero attached hydrogens (tertiary/aromatic N) is 4. The molecule has 25 heavy (non-hydrogen) atoms. The van der Waals surface area contributed by atoms with E-state index in [4.69, 9.17) is 11.6 Å². The summed E-state index contributed by atoms with van der Waals surface area (Å²) in [6, 6.07) is 13.6. The summed E-state index contributed by atoms with van der Waals surface area (Å²) in [5.41, 5.74) is 1.89. The van der Waals surface area contributed by atoms with E-state index in [2.05, 4.69) is 25.8 Å².